The van der Waals surface area contributed by atoms with Gasteiger partial charge in [-0.05, 0) is 48.0 Å². The number of furan rings is 2. The van der Waals surface area contributed by atoms with Gasteiger partial charge in [-0.3, -0.25) is 0 Å². The van der Waals surface area contributed by atoms with Gasteiger partial charge in [0.15, 0.2) is 0 Å². The lowest BCUT2D eigenvalue weighted by Crippen LogP contribution is -1.69. The Balaban J connectivity index is 2.56. The molecule has 3 heteroatoms. The Morgan fingerprint density at radius 3 is 2.53 bits per heavy atom. The first-order chi connectivity index (χ1) is 7.15. The van der Waals surface area contributed by atoms with Crippen molar-refractivity contribution in [1.29, 1.82) is 0 Å². The van der Waals surface area contributed by atoms with Crippen LogP contribution in [0.25, 0.3) is 21.9 Å². The largest absolute Gasteiger partial charge is 0.461 e. The summed E-state index contributed by atoms with van der Waals surface area (Å²) in [6.45, 7) is 3.89. The number of fused-ring (bicyclic) bond motifs is 2. The lowest BCUT2D eigenvalue weighted by atomic mass is 10.2. The Bertz CT molecular complexity index is 606. The highest BCUT2D eigenvalue weighted by atomic mass is 79.9. The van der Waals surface area contributed by atoms with Crippen molar-refractivity contribution in [3.05, 3.63) is 34.2 Å². The van der Waals surface area contributed by atoms with Gasteiger partial charge in [-0.2, -0.15) is 0 Å². The topological polar surface area (TPSA) is 26.3 Å². The van der Waals surface area contributed by atoms with Crippen molar-refractivity contribution in [2.24, 2.45) is 0 Å². The molecular formula is C12H9BrO2. The van der Waals surface area contributed by atoms with E-state index in [1.54, 1.807) is 0 Å². The molecular weight excluding hydrogens is 256 g/mol. The predicted octanol–water partition coefficient (Wildman–Crippen LogP) is 4.56. The molecule has 3 rings (SSSR count). The van der Waals surface area contributed by atoms with Crippen LogP contribution in [0.1, 0.15) is 11.5 Å². The molecule has 0 N–H and O–H groups in total. The van der Waals surface area contributed by atoms with E-state index in [1.807, 2.05) is 32.0 Å². The summed E-state index contributed by atoms with van der Waals surface area (Å²) in [5.41, 5.74) is 1.79. The van der Waals surface area contributed by atoms with E-state index in [2.05, 4.69) is 15.9 Å². The van der Waals surface area contributed by atoms with E-state index < -0.39 is 0 Å². The van der Waals surface area contributed by atoms with Crippen molar-refractivity contribution in [1.82, 2.24) is 0 Å². The maximum Gasteiger partial charge on any atom is 0.149 e. The van der Waals surface area contributed by atoms with Gasteiger partial charge in [0.25, 0.3) is 0 Å². The molecule has 0 aliphatic heterocycles. The lowest BCUT2D eigenvalue weighted by molar-refractivity contribution is 0.574. The molecule has 0 aliphatic carbocycles. The lowest BCUT2D eigenvalue weighted by Gasteiger charge is -1.94. The number of rotatable bonds is 0. The van der Waals surface area contributed by atoms with Crippen LogP contribution in [0, 0.1) is 13.8 Å². The third-order valence-electron chi connectivity index (χ3n) is 2.49. The van der Waals surface area contributed by atoms with E-state index >= 15 is 0 Å². The molecule has 1 aromatic carbocycles. The van der Waals surface area contributed by atoms with Crippen molar-refractivity contribution in [2.75, 3.05) is 0 Å². The Morgan fingerprint density at radius 2 is 1.73 bits per heavy atom. The molecule has 0 saturated carbocycles. The predicted molar refractivity (Wildman–Crippen MR) is 63.2 cm³/mol. The molecule has 0 spiro atoms. The van der Waals surface area contributed by atoms with Crippen LogP contribution in [-0.4, -0.2) is 0 Å². The number of benzene rings is 1. The summed E-state index contributed by atoms with van der Waals surface area (Å²) in [6.07, 6.45) is 0. The maximum absolute atomic E-state index is 5.63. The van der Waals surface area contributed by atoms with Crippen LogP contribution in [0.4, 0.5) is 0 Å². The Morgan fingerprint density at radius 1 is 1.00 bits per heavy atom. The second-order valence-electron chi connectivity index (χ2n) is 3.73. The van der Waals surface area contributed by atoms with Crippen molar-refractivity contribution in [3.8, 4) is 0 Å². The second-order valence-corrected chi connectivity index (χ2v) is 4.53. The summed E-state index contributed by atoms with van der Waals surface area (Å²) in [5.74, 6) is 1.82. The van der Waals surface area contributed by atoms with Crippen molar-refractivity contribution in [2.45, 2.75) is 13.8 Å². The fraction of sp³-hybridized carbons (Fsp3) is 0.167. The van der Waals surface area contributed by atoms with Crippen LogP contribution in [-0.2, 0) is 0 Å². The highest BCUT2D eigenvalue weighted by Gasteiger charge is 2.12. The van der Waals surface area contributed by atoms with Gasteiger partial charge in [-0.15, -0.1) is 0 Å². The minimum Gasteiger partial charge on any atom is -0.461 e. The van der Waals surface area contributed by atoms with Crippen LogP contribution in [0.5, 0.6) is 0 Å². The monoisotopic (exact) mass is 264 g/mol. The molecule has 0 fully saturated rings. The van der Waals surface area contributed by atoms with Gasteiger partial charge in [0.2, 0.25) is 0 Å². The normalized spacial score (nSPS) is 11.7. The minimum atomic E-state index is 0.890. The first-order valence-corrected chi connectivity index (χ1v) is 5.53. The van der Waals surface area contributed by atoms with Gasteiger partial charge in [-0.25, -0.2) is 0 Å². The van der Waals surface area contributed by atoms with Gasteiger partial charge in [-0.1, -0.05) is 0 Å². The van der Waals surface area contributed by atoms with E-state index in [1.165, 1.54) is 0 Å². The molecule has 0 amide bonds. The zero-order valence-corrected chi connectivity index (χ0v) is 10.0. The average molecular weight is 265 g/mol. The van der Waals surface area contributed by atoms with Crippen LogP contribution in [0.15, 0.2) is 31.5 Å². The second kappa shape index (κ2) is 2.89. The van der Waals surface area contributed by atoms with Gasteiger partial charge in [0.05, 0.1) is 4.47 Å². The molecule has 0 atom stereocenters. The van der Waals surface area contributed by atoms with Crippen molar-refractivity contribution >= 4 is 37.9 Å². The number of hydrogen-bond acceptors (Lipinski definition) is 2. The highest BCUT2D eigenvalue weighted by Crippen LogP contribution is 2.35. The molecule has 0 unspecified atom stereocenters. The summed E-state index contributed by atoms with van der Waals surface area (Å²) >= 11 is 3.56. The molecule has 2 aromatic heterocycles. The van der Waals surface area contributed by atoms with E-state index in [4.69, 9.17) is 8.83 Å². The fourth-order valence-corrected chi connectivity index (χ4v) is 2.51. The molecule has 76 valence electrons. The average Bonchev–Trinajstić information content (AvgIpc) is 2.69. The summed E-state index contributed by atoms with van der Waals surface area (Å²) in [5, 5.41) is 2.13. The smallest absolute Gasteiger partial charge is 0.149 e. The Labute approximate surface area is 95.0 Å². The van der Waals surface area contributed by atoms with Gasteiger partial charge >= 0.3 is 0 Å². The van der Waals surface area contributed by atoms with Crippen LogP contribution >= 0.6 is 15.9 Å². The standard InChI is InChI=1S/C12H9BrO2/c1-6-3-8-5-10-9(4-7(2)14-10)11(13)12(8)15-6/h3-5H,1-2H3. The quantitative estimate of drug-likeness (QED) is 0.595. The fourth-order valence-electron chi connectivity index (χ4n) is 1.89. The van der Waals surface area contributed by atoms with Gasteiger partial charge < -0.3 is 8.83 Å². The van der Waals surface area contributed by atoms with Gasteiger partial charge in [0.1, 0.15) is 22.7 Å². The van der Waals surface area contributed by atoms with Crippen LogP contribution < -0.4 is 0 Å². The zero-order chi connectivity index (χ0) is 10.6. The van der Waals surface area contributed by atoms with Crippen LogP contribution in [0.2, 0.25) is 0 Å². The molecule has 0 radical (unpaired) electrons. The van der Waals surface area contributed by atoms with E-state index in [0.29, 0.717) is 0 Å². The summed E-state index contributed by atoms with van der Waals surface area (Å²) in [6, 6.07) is 6.03. The first kappa shape index (κ1) is 9.04. The first-order valence-electron chi connectivity index (χ1n) is 4.74. The zero-order valence-electron chi connectivity index (χ0n) is 8.43. The van der Waals surface area contributed by atoms with Crippen molar-refractivity contribution in [3.63, 3.8) is 0 Å². The summed E-state index contributed by atoms with van der Waals surface area (Å²) < 4.78 is 12.2. The Hall–Kier alpha value is -1.22. The van der Waals surface area contributed by atoms with Crippen molar-refractivity contribution < 1.29 is 8.83 Å². The van der Waals surface area contributed by atoms with E-state index in [-0.39, 0.29) is 0 Å². The molecule has 0 saturated heterocycles. The Kier molecular flexibility index (Phi) is 1.74. The number of halogens is 1. The third-order valence-corrected chi connectivity index (χ3v) is 3.28. The minimum absolute atomic E-state index is 0.890. The molecule has 0 aliphatic rings. The molecule has 15 heavy (non-hydrogen) atoms. The molecule has 2 nitrogen and oxygen atoms in total. The van der Waals surface area contributed by atoms with Crippen LogP contribution in [0.3, 0.4) is 0 Å². The number of aryl methyl sites for hydroxylation is 2. The SMILES string of the molecule is Cc1cc2c(Br)c3oc(C)cc3cc2o1. The van der Waals surface area contributed by atoms with E-state index in [9.17, 15) is 0 Å². The molecule has 2 heterocycles. The van der Waals surface area contributed by atoms with Gasteiger partial charge in [0, 0.05) is 10.8 Å². The third kappa shape index (κ3) is 1.23. The number of hydrogen-bond donors (Lipinski definition) is 0. The van der Waals surface area contributed by atoms with E-state index in [0.717, 1.165) is 37.9 Å². The maximum atomic E-state index is 5.63. The molecule has 3 aromatic rings. The highest BCUT2D eigenvalue weighted by molar-refractivity contribution is 9.10. The summed E-state index contributed by atoms with van der Waals surface area (Å²) in [7, 11) is 0. The summed E-state index contributed by atoms with van der Waals surface area (Å²) in [4.78, 5) is 0. The molecule has 0 bridgehead atoms.